The second-order valence-corrected chi connectivity index (χ2v) is 8.00. The number of hydrogen-bond acceptors (Lipinski definition) is 6. The van der Waals surface area contributed by atoms with E-state index in [-0.39, 0.29) is 22.4 Å². The summed E-state index contributed by atoms with van der Waals surface area (Å²) < 4.78 is 34.1. The number of hydrogen-bond donors (Lipinski definition) is 1. The fourth-order valence-electron chi connectivity index (χ4n) is 2.17. The topological polar surface area (TPSA) is 103 Å². The van der Waals surface area contributed by atoms with Crippen LogP contribution >= 0.6 is 23.2 Å². The molecule has 0 unspecified atom stereocenters. The number of rotatable bonds is 6. The SMILES string of the molecule is CCn1cc(-c2noc(CNS(=O)(=O)c3cc(C)c(Cl)cc3Cl)n2)cn1. The van der Waals surface area contributed by atoms with Crippen LogP contribution in [0.1, 0.15) is 18.4 Å². The van der Waals surface area contributed by atoms with Crippen molar-refractivity contribution in [3.8, 4) is 11.4 Å². The summed E-state index contributed by atoms with van der Waals surface area (Å²) in [4.78, 5) is 4.10. The molecule has 11 heteroatoms. The molecule has 3 rings (SSSR count). The molecule has 1 N–H and O–H groups in total. The zero-order valence-corrected chi connectivity index (χ0v) is 16.2. The molecule has 0 aliphatic heterocycles. The smallest absolute Gasteiger partial charge is 0.242 e. The van der Waals surface area contributed by atoms with Crippen LogP contribution in [0.5, 0.6) is 0 Å². The van der Waals surface area contributed by atoms with Crippen molar-refractivity contribution >= 4 is 33.2 Å². The zero-order valence-electron chi connectivity index (χ0n) is 13.9. The standard InChI is InChI=1S/C15H15Cl2N5O3S/c1-3-22-8-10(6-18-22)15-20-14(25-21-15)7-19-26(23,24)13-4-9(2)11(16)5-12(13)17/h4-6,8,19H,3,7H2,1-2H3. The minimum atomic E-state index is -3.87. The normalized spacial score (nSPS) is 11.8. The lowest BCUT2D eigenvalue weighted by Crippen LogP contribution is -2.23. The molecule has 0 radical (unpaired) electrons. The van der Waals surface area contributed by atoms with Crippen molar-refractivity contribution in [1.82, 2.24) is 24.6 Å². The van der Waals surface area contributed by atoms with Gasteiger partial charge in [0.2, 0.25) is 21.7 Å². The van der Waals surface area contributed by atoms with Gasteiger partial charge in [0, 0.05) is 17.8 Å². The van der Waals surface area contributed by atoms with Crippen LogP contribution in [-0.2, 0) is 23.1 Å². The Balaban J connectivity index is 1.75. The molecule has 0 bridgehead atoms. The van der Waals surface area contributed by atoms with E-state index in [0.29, 0.717) is 28.5 Å². The maximum absolute atomic E-state index is 12.5. The Labute approximate surface area is 160 Å². The highest BCUT2D eigenvalue weighted by Gasteiger charge is 2.21. The molecule has 2 heterocycles. The van der Waals surface area contributed by atoms with E-state index in [1.807, 2.05) is 6.92 Å². The van der Waals surface area contributed by atoms with Gasteiger partial charge in [-0.05, 0) is 31.5 Å². The van der Waals surface area contributed by atoms with Crippen molar-refractivity contribution in [3.05, 3.63) is 46.0 Å². The lowest BCUT2D eigenvalue weighted by atomic mass is 10.2. The lowest BCUT2D eigenvalue weighted by Gasteiger charge is -2.08. The van der Waals surface area contributed by atoms with Gasteiger partial charge in [0.05, 0.1) is 23.3 Å². The van der Waals surface area contributed by atoms with E-state index in [1.54, 1.807) is 24.0 Å². The molecule has 0 atom stereocenters. The predicted octanol–water partition coefficient (Wildman–Crippen LogP) is 3.05. The van der Waals surface area contributed by atoms with Gasteiger partial charge in [0.25, 0.3) is 0 Å². The molecule has 3 aromatic rings. The van der Waals surface area contributed by atoms with Crippen molar-refractivity contribution < 1.29 is 12.9 Å². The van der Waals surface area contributed by atoms with Crippen molar-refractivity contribution in [1.29, 1.82) is 0 Å². The number of sulfonamides is 1. The number of aromatic nitrogens is 4. The van der Waals surface area contributed by atoms with Crippen molar-refractivity contribution in [2.75, 3.05) is 0 Å². The van der Waals surface area contributed by atoms with Gasteiger partial charge in [-0.2, -0.15) is 10.1 Å². The van der Waals surface area contributed by atoms with E-state index in [0.717, 1.165) is 0 Å². The quantitative estimate of drug-likeness (QED) is 0.663. The summed E-state index contributed by atoms with van der Waals surface area (Å²) in [5.41, 5.74) is 1.28. The Morgan fingerprint density at radius 1 is 1.27 bits per heavy atom. The maximum Gasteiger partial charge on any atom is 0.242 e. The van der Waals surface area contributed by atoms with Crippen LogP contribution in [0.4, 0.5) is 0 Å². The molecule has 138 valence electrons. The largest absolute Gasteiger partial charge is 0.338 e. The number of nitrogens with zero attached hydrogens (tertiary/aromatic N) is 4. The molecule has 0 saturated heterocycles. The van der Waals surface area contributed by atoms with Crippen LogP contribution in [-0.4, -0.2) is 28.3 Å². The number of nitrogens with one attached hydrogen (secondary N) is 1. The second kappa shape index (κ2) is 7.36. The number of benzene rings is 1. The molecular formula is C15H15Cl2N5O3S. The van der Waals surface area contributed by atoms with Gasteiger partial charge in [-0.1, -0.05) is 28.4 Å². The summed E-state index contributed by atoms with van der Waals surface area (Å²) in [5.74, 6) is 0.453. The molecular weight excluding hydrogens is 401 g/mol. The Hall–Kier alpha value is -1.94. The fourth-order valence-corrected chi connectivity index (χ4v) is 3.97. The Bertz CT molecular complexity index is 1050. The Morgan fingerprint density at radius 2 is 2.04 bits per heavy atom. The molecule has 0 spiro atoms. The van der Waals surface area contributed by atoms with E-state index < -0.39 is 10.0 Å². The first-order chi connectivity index (χ1) is 12.3. The van der Waals surface area contributed by atoms with Crippen molar-refractivity contribution in [3.63, 3.8) is 0 Å². The molecule has 2 aromatic heterocycles. The van der Waals surface area contributed by atoms with E-state index in [1.165, 1.54) is 12.1 Å². The molecule has 8 nitrogen and oxygen atoms in total. The number of halogens is 2. The van der Waals surface area contributed by atoms with Crippen LogP contribution in [0.15, 0.2) is 33.9 Å². The fraction of sp³-hybridized carbons (Fsp3) is 0.267. The van der Waals surface area contributed by atoms with Gasteiger partial charge in [0.15, 0.2) is 0 Å². The highest BCUT2D eigenvalue weighted by molar-refractivity contribution is 7.89. The monoisotopic (exact) mass is 415 g/mol. The maximum atomic E-state index is 12.5. The van der Waals surface area contributed by atoms with Gasteiger partial charge in [-0.25, -0.2) is 13.1 Å². The third-order valence-corrected chi connectivity index (χ3v) is 5.87. The molecule has 0 amide bonds. The average Bonchev–Trinajstić information content (AvgIpc) is 3.24. The summed E-state index contributed by atoms with van der Waals surface area (Å²) in [7, 11) is -3.87. The minimum absolute atomic E-state index is 0.0336. The van der Waals surface area contributed by atoms with Gasteiger partial charge < -0.3 is 4.52 Å². The van der Waals surface area contributed by atoms with Gasteiger partial charge in [0.1, 0.15) is 4.90 Å². The van der Waals surface area contributed by atoms with Crippen LogP contribution in [0.3, 0.4) is 0 Å². The summed E-state index contributed by atoms with van der Waals surface area (Å²) in [6.07, 6.45) is 3.38. The van der Waals surface area contributed by atoms with Crippen molar-refractivity contribution in [2.24, 2.45) is 0 Å². The summed E-state index contributed by atoms with van der Waals surface area (Å²) in [6, 6.07) is 2.80. The molecule has 0 aliphatic rings. The second-order valence-electron chi connectivity index (χ2n) is 5.45. The van der Waals surface area contributed by atoms with E-state index in [4.69, 9.17) is 27.7 Å². The number of aryl methyl sites for hydroxylation is 2. The molecule has 0 aliphatic carbocycles. The first-order valence-corrected chi connectivity index (χ1v) is 9.85. The third kappa shape index (κ3) is 3.90. The molecule has 1 aromatic carbocycles. The van der Waals surface area contributed by atoms with E-state index >= 15 is 0 Å². The minimum Gasteiger partial charge on any atom is -0.338 e. The molecule has 0 fully saturated rings. The first-order valence-electron chi connectivity index (χ1n) is 7.61. The third-order valence-electron chi connectivity index (χ3n) is 3.60. The van der Waals surface area contributed by atoms with E-state index in [9.17, 15) is 8.42 Å². The van der Waals surface area contributed by atoms with Crippen LogP contribution in [0, 0.1) is 6.92 Å². The Morgan fingerprint density at radius 3 is 2.73 bits per heavy atom. The lowest BCUT2D eigenvalue weighted by molar-refractivity contribution is 0.376. The summed E-state index contributed by atoms with van der Waals surface area (Å²) in [5, 5.41) is 8.39. The first kappa shape index (κ1) is 18.8. The van der Waals surface area contributed by atoms with E-state index in [2.05, 4.69) is 20.0 Å². The molecule has 26 heavy (non-hydrogen) atoms. The van der Waals surface area contributed by atoms with Crippen LogP contribution in [0.2, 0.25) is 10.0 Å². The highest BCUT2D eigenvalue weighted by atomic mass is 35.5. The highest BCUT2D eigenvalue weighted by Crippen LogP contribution is 2.28. The van der Waals surface area contributed by atoms with Gasteiger partial charge >= 0.3 is 0 Å². The zero-order chi connectivity index (χ0) is 18.9. The Kier molecular flexibility index (Phi) is 5.33. The average molecular weight is 416 g/mol. The van der Waals surface area contributed by atoms with Crippen LogP contribution < -0.4 is 4.72 Å². The summed E-state index contributed by atoms with van der Waals surface area (Å²) in [6.45, 7) is 4.19. The van der Waals surface area contributed by atoms with Gasteiger partial charge in [-0.3, -0.25) is 4.68 Å². The summed E-state index contributed by atoms with van der Waals surface area (Å²) >= 11 is 11.9. The van der Waals surface area contributed by atoms with Gasteiger partial charge in [-0.15, -0.1) is 0 Å². The van der Waals surface area contributed by atoms with Crippen LogP contribution in [0.25, 0.3) is 11.4 Å². The molecule has 0 saturated carbocycles. The predicted molar refractivity (Wildman–Crippen MR) is 96.4 cm³/mol. The van der Waals surface area contributed by atoms with Crippen molar-refractivity contribution in [2.45, 2.75) is 31.8 Å².